The van der Waals surface area contributed by atoms with Crippen molar-refractivity contribution in [3.8, 4) is 17.2 Å². The molecule has 0 fully saturated rings. The summed E-state index contributed by atoms with van der Waals surface area (Å²) in [6, 6.07) is 14.9. The van der Waals surface area contributed by atoms with Crippen LogP contribution in [0.4, 0.5) is 0 Å². The van der Waals surface area contributed by atoms with E-state index < -0.39 is 6.10 Å². The summed E-state index contributed by atoms with van der Waals surface area (Å²) in [4.78, 5) is 12.4. The van der Waals surface area contributed by atoms with Crippen molar-refractivity contribution in [3.63, 3.8) is 0 Å². The lowest BCUT2D eigenvalue weighted by Crippen LogP contribution is -2.37. The fourth-order valence-corrected chi connectivity index (χ4v) is 2.38. The number of rotatable bonds is 9. The van der Waals surface area contributed by atoms with E-state index in [4.69, 9.17) is 14.2 Å². The first-order valence-corrected chi connectivity index (χ1v) is 8.47. The van der Waals surface area contributed by atoms with Crippen molar-refractivity contribution in [2.45, 2.75) is 32.9 Å². The third-order valence-corrected chi connectivity index (χ3v) is 3.73. The van der Waals surface area contributed by atoms with Gasteiger partial charge < -0.3 is 19.5 Å². The molecular weight excluding hydrogens is 318 g/mol. The van der Waals surface area contributed by atoms with Gasteiger partial charge in [0.25, 0.3) is 5.91 Å². The van der Waals surface area contributed by atoms with Gasteiger partial charge in [-0.05, 0) is 43.7 Å². The summed E-state index contributed by atoms with van der Waals surface area (Å²) in [7, 11) is 1.61. The Labute approximate surface area is 148 Å². The number of amides is 1. The quantitative estimate of drug-likeness (QED) is 0.756. The summed E-state index contributed by atoms with van der Waals surface area (Å²) < 4.78 is 16.5. The molecule has 0 saturated carbocycles. The smallest absolute Gasteiger partial charge is 0.261 e. The number of benzene rings is 2. The minimum absolute atomic E-state index is 0.149. The molecule has 0 heterocycles. The monoisotopic (exact) mass is 343 g/mol. The molecule has 5 heteroatoms. The Morgan fingerprint density at radius 1 is 1.04 bits per heavy atom. The van der Waals surface area contributed by atoms with Crippen molar-refractivity contribution in [2.24, 2.45) is 0 Å². The minimum Gasteiger partial charge on any atom is -0.497 e. The van der Waals surface area contributed by atoms with E-state index in [1.54, 1.807) is 31.4 Å². The van der Waals surface area contributed by atoms with Crippen molar-refractivity contribution in [1.82, 2.24) is 5.32 Å². The van der Waals surface area contributed by atoms with Gasteiger partial charge in [-0.3, -0.25) is 4.79 Å². The molecule has 0 radical (unpaired) electrons. The SMILES string of the molecule is CCOc1ccccc1CNC(=O)C(CC)Oc1ccc(OC)cc1. The predicted octanol–water partition coefficient (Wildman–Crippen LogP) is 3.57. The number of nitrogens with one attached hydrogen (secondary N) is 1. The van der Waals surface area contributed by atoms with Gasteiger partial charge in [0, 0.05) is 12.1 Å². The van der Waals surface area contributed by atoms with Crippen LogP contribution in [0.5, 0.6) is 17.2 Å². The van der Waals surface area contributed by atoms with Crippen LogP contribution in [-0.4, -0.2) is 25.7 Å². The Balaban J connectivity index is 1.95. The molecule has 2 aromatic rings. The first-order valence-electron chi connectivity index (χ1n) is 8.47. The largest absolute Gasteiger partial charge is 0.497 e. The van der Waals surface area contributed by atoms with Crippen LogP contribution in [-0.2, 0) is 11.3 Å². The maximum absolute atomic E-state index is 12.4. The van der Waals surface area contributed by atoms with Crippen LogP contribution < -0.4 is 19.5 Å². The van der Waals surface area contributed by atoms with Crippen LogP contribution in [0.3, 0.4) is 0 Å². The molecular formula is C20H25NO4. The summed E-state index contributed by atoms with van der Waals surface area (Å²) in [5, 5.41) is 2.92. The Morgan fingerprint density at radius 3 is 2.36 bits per heavy atom. The maximum Gasteiger partial charge on any atom is 0.261 e. The van der Waals surface area contributed by atoms with Crippen LogP contribution >= 0.6 is 0 Å². The summed E-state index contributed by atoms with van der Waals surface area (Å²) in [6.45, 7) is 4.84. The predicted molar refractivity (Wildman–Crippen MR) is 97.2 cm³/mol. The van der Waals surface area contributed by atoms with Gasteiger partial charge in [0.15, 0.2) is 6.10 Å². The zero-order valence-corrected chi connectivity index (χ0v) is 15.0. The lowest BCUT2D eigenvalue weighted by molar-refractivity contribution is -0.128. The fourth-order valence-electron chi connectivity index (χ4n) is 2.38. The van der Waals surface area contributed by atoms with E-state index in [-0.39, 0.29) is 5.91 Å². The van der Waals surface area contributed by atoms with Crippen LogP contribution in [0.15, 0.2) is 48.5 Å². The van der Waals surface area contributed by atoms with Crippen LogP contribution in [0.2, 0.25) is 0 Å². The normalized spacial score (nSPS) is 11.5. The molecule has 0 aliphatic heterocycles. The van der Waals surface area contributed by atoms with Gasteiger partial charge in [0.2, 0.25) is 0 Å². The molecule has 2 aromatic carbocycles. The van der Waals surface area contributed by atoms with Crippen molar-refractivity contribution in [1.29, 1.82) is 0 Å². The van der Waals surface area contributed by atoms with E-state index in [2.05, 4.69) is 5.32 Å². The average Bonchev–Trinajstić information content (AvgIpc) is 2.66. The van der Waals surface area contributed by atoms with E-state index in [1.807, 2.05) is 38.1 Å². The second kappa shape index (κ2) is 9.57. The number of hydrogen-bond acceptors (Lipinski definition) is 4. The topological polar surface area (TPSA) is 56.8 Å². The molecule has 2 rings (SSSR count). The number of ether oxygens (including phenoxy) is 3. The van der Waals surface area contributed by atoms with Crippen LogP contribution in [0, 0.1) is 0 Å². The molecule has 0 aliphatic carbocycles. The molecule has 1 amide bonds. The first kappa shape index (κ1) is 18.6. The Hall–Kier alpha value is -2.69. The molecule has 1 unspecified atom stereocenters. The van der Waals surface area contributed by atoms with Crippen molar-refractivity contribution in [3.05, 3.63) is 54.1 Å². The Morgan fingerprint density at radius 2 is 1.72 bits per heavy atom. The highest BCUT2D eigenvalue weighted by atomic mass is 16.5. The standard InChI is InChI=1S/C20H25NO4/c1-4-18(25-17-12-10-16(23-3)11-13-17)20(22)21-14-15-8-6-7-9-19(15)24-5-2/h6-13,18H,4-5,14H2,1-3H3,(H,21,22). The highest BCUT2D eigenvalue weighted by Gasteiger charge is 2.18. The summed E-state index contributed by atoms with van der Waals surface area (Å²) in [5.41, 5.74) is 0.942. The number of methoxy groups -OCH3 is 1. The van der Waals surface area contributed by atoms with Crippen molar-refractivity contribution in [2.75, 3.05) is 13.7 Å². The molecule has 1 N–H and O–H groups in total. The molecule has 5 nitrogen and oxygen atoms in total. The highest BCUT2D eigenvalue weighted by Crippen LogP contribution is 2.20. The first-order chi connectivity index (χ1) is 12.2. The zero-order valence-electron chi connectivity index (χ0n) is 15.0. The number of carbonyl (C=O) groups is 1. The molecule has 0 spiro atoms. The fraction of sp³-hybridized carbons (Fsp3) is 0.350. The summed E-state index contributed by atoms with van der Waals surface area (Å²) in [5.74, 6) is 2.02. The number of hydrogen-bond donors (Lipinski definition) is 1. The van der Waals surface area contributed by atoms with E-state index in [9.17, 15) is 4.79 Å². The third kappa shape index (κ3) is 5.41. The van der Waals surface area contributed by atoms with Gasteiger partial charge in [0.1, 0.15) is 17.2 Å². The van der Waals surface area contributed by atoms with Gasteiger partial charge in [-0.1, -0.05) is 25.1 Å². The molecule has 0 aromatic heterocycles. The van der Waals surface area contributed by atoms with E-state index >= 15 is 0 Å². The van der Waals surface area contributed by atoms with E-state index in [0.717, 1.165) is 17.1 Å². The molecule has 0 bridgehead atoms. The molecule has 1 atom stereocenters. The Bertz CT molecular complexity index is 670. The average molecular weight is 343 g/mol. The second-order valence-corrected chi connectivity index (χ2v) is 5.45. The van der Waals surface area contributed by atoms with Gasteiger partial charge in [-0.2, -0.15) is 0 Å². The van der Waals surface area contributed by atoms with Gasteiger partial charge in [-0.15, -0.1) is 0 Å². The van der Waals surface area contributed by atoms with Gasteiger partial charge in [0.05, 0.1) is 13.7 Å². The van der Waals surface area contributed by atoms with Crippen molar-refractivity contribution < 1.29 is 19.0 Å². The molecule has 0 aliphatic rings. The van der Waals surface area contributed by atoms with Crippen LogP contribution in [0.25, 0.3) is 0 Å². The molecule has 0 saturated heterocycles. The third-order valence-electron chi connectivity index (χ3n) is 3.73. The van der Waals surface area contributed by atoms with Crippen molar-refractivity contribution >= 4 is 5.91 Å². The van der Waals surface area contributed by atoms with E-state index in [0.29, 0.717) is 25.3 Å². The lowest BCUT2D eigenvalue weighted by atomic mass is 10.2. The molecule has 25 heavy (non-hydrogen) atoms. The summed E-state index contributed by atoms with van der Waals surface area (Å²) in [6.07, 6.45) is 0.0259. The second-order valence-electron chi connectivity index (χ2n) is 5.45. The minimum atomic E-state index is -0.548. The van der Waals surface area contributed by atoms with E-state index in [1.165, 1.54) is 0 Å². The summed E-state index contributed by atoms with van der Waals surface area (Å²) >= 11 is 0. The lowest BCUT2D eigenvalue weighted by Gasteiger charge is -2.18. The number of carbonyl (C=O) groups excluding carboxylic acids is 1. The van der Waals surface area contributed by atoms with Crippen LogP contribution in [0.1, 0.15) is 25.8 Å². The zero-order chi connectivity index (χ0) is 18.1. The maximum atomic E-state index is 12.4. The highest BCUT2D eigenvalue weighted by molar-refractivity contribution is 5.81. The van der Waals surface area contributed by atoms with Gasteiger partial charge >= 0.3 is 0 Å². The molecule has 134 valence electrons. The number of para-hydroxylation sites is 1. The Kier molecular flexibility index (Phi) is 7.14. The van der Waals surface area contributed by atoms with Gasteiger partial charge in [-0.25, -0.2) is 0 Å².